The molecule has 0 fully saturated rings. The van der Waals surface area contributed by atoms with E-state index in [-0.39, 0.29) is 12.7 Å². The van der Waals surface area contributed by atoms with Crippen LogP contribution in [0.5, 0.6) is 0 Å². The molecule has 0 aromatic heterocycles. The molecule has 0 amide bonds. The number of phosphoric acid groups is 1. The van der Waals surface area contributed by atoms with Crippen LogP contribution in [0.2, 0.25) is 0 Å². The van der Waals surface area contributed by atoms with Crippen molar-refractivity contribution < 1.29 is 27.4 Å². The number of likely N-dealkylation sites (N-methyl/N-ethyl adjacent to an activating group) is 1. The molecule has 0 heterocycles. The number of rotatable bonds is 15. The Morgan fingerprint density at radius 1 is 1.00 bits per heavy atom. The smallest absolute Gasteiger partial charge is 0.376 e. The maximum absolute atomic E-state index is 12.2. The van der Waals surface area contributed by atoms with Crippen LogP contribution in [0.25, 0.3) is 0 Å². The Bertz CT molecular complexity index is 333. The van der Waals surface area contributed by atoms with Crippen molar-refractivity contribution in [3.63, 3.8) is 0 Å². The van der Waals surface area contributed by atoms with Crippen LogP contribution in [-0.2, 0) is 22.9 Å². The van der Waals surface area contributed by atoms with Crippen molar-refractivity contribution in [2.75, 3.05) is 54.6 Å². The van der Waals surface area contributed by atoms with E-state index in [1.54, 1.807) is 0 Å². The summed E-state index contributed by atoms with van der Waals surface area (Å²) in [5.41, 5.74) is 0. The van der Waals surface area contributed by atoms with Gasteiger partial charge in [0.25, 0.3) is 0 Å². The second-order valence-electron chi connectivity index (χ2n) is 6.84. The summed E-state index contributed by atoms with van der Waals surface area (Å²) in [6, 6.07) is 0. The lowest BCUT2D eigenvalue weighted by Gasteiger charge is -2.24. The second kappa shape index (κ2) is 12.4. The third-order valence-electron chi connectivity index (χ3n) is 3.43. The van der Waals surface area contributed by atoms with E-state index in [0.29, 0.717) is 13.2 Å². The average molecular weight is 354 g/mol. The van der Waals surface area contributed by atoms with E-state index in [4.69, 9.17) is 18.3 Å². The summed E-state index contributed by atoms with van der Waals surface area (Å²) in [5.74, 6) is 0. The molecule has 0 aromatic rings. The molecule has 0 rings (SSSR count). The van der Waals surface area contributed by atoms with Gasteiger partial charge in [-0.2, -0.15) is 0 Å². The highest BCUT2D eigenvalue weighted by Crippen LogP contribution is 2.48. The monoisotopic (exact) mass is 354 g/mol. The van der Waals surface area contributed by atoms with E-state index in [1.165, 1.54) is 32.8 Å². The predicted molar refractivity (Wildman–Crippen MR) is 93.6 cm³/mol. The average Bonchev–Trinajstić information content (AvgIpc) is 2.47. The summed E-state index contributed by atoms with van der Waals surface area (Å²) in [4.78, 5) is 0. The van der Waals surface area contributed by atoms with Gasteiger partial charge in [-0.25, -0.2) is 4.57 Å². The fraction of sp³-hybridized carbons (Fsp3) is 1.00. The van der Waals surface area contributed by atoms with Crippen LogP contribution in [0, 0.1) is 0 Å². The van der Waals surface area contributed by atoms with Gasteiger partial charge in [0.1, 0.15) is 13.2 Å². The fourth-order valence-electron chi connectivity index (χ4n) is 1.91. The van der Waals surface area contributed by atoms with Crippen LogP contribution >= 0.6 is 7.82 Å². The molecule has 7 heteroatoms. The lowest BCUT2D eigenvalue weighted by molar-refractivity contribution is -0.870. The van der Waals surface area contributed by atoms with Gasteiger partial charge in [-0.1, -0.05) is 32.6 Å². The molecule has 6 nitrogen and oxygen atoms in total. The van der Waals surface area contributed by atoms with E-state index in [1.807, 2.05) is 21.1 Å². The van der Waals surface area contributed by atoms with Gasteiger partial charge in [-0.05, 0) is 13.3 Å². The number of phosphoric ester groups is 1. The molecule has 0 spiro atoms. The summed E-state index contributed by atoms with van der Waals surface area (Å²) in [6.45, 7) is 5.90. The number of hydrogen-bond donors (Lipinski definition) is 0. The van der Waals surface area contributed by atoms with Crippen LogP contribution in [-0.4, -0.2) is 65.2 Å². The van der Waals surface area contributed by atoms with Crippen molar-refractivity contribution in [3.8, 4) is 0 Å². The van der Waals surface area contributed by atoms with Gasteiger partial charge in [-0.3, -0.25) is 13.6 Å². The molecule has 0 bridgehead atoms. The van der Waals surface area contributed by atoms with Crippen LogP contribution in [0.15, 0.2) is 0 Å². The maximum atomic E-state index is 12.2. The first-order valence-corrected chi connectivity index (χ1v) is 10.1. The minimum Gasteiger partial charge on any atom is -0.376 e. The quantitative estimate of drug-likeness (QED) is 0.254. The first-order chi connectivity index (χ1) is 10.7. The molecular formula is C16H37NO5P+. The molecule has 2 unspecified atom stereocenters. The van der Waals surface area contributed by atoms with Crippen LogP contribution in [0.1, 0.15) is 46.0 Å². The van der Waals surface area contributed by atoms with Gasteiger partial charge in [0, 0.05) is 7.11 Å². The minimum atomic E-state index is -3.47. The molecular weight excluding hydrogens is 317 g/mol. The lowest BCUT2D eigenvalue weighted by Crippen LogP contribution is -2.37. The largest absolute Gasteiger partial charge is 0.474 e. The molecule has 0 radical (unpaired) electrons. The van der Waals surface area contributed by atoms with Crippen molar-refractivity contribution >= 4 is 7.82 Å². The SMILES string of the molecule is CCCCCCC(C)OCCOP(=O)(OC)OCC[N+](C)(C)C. The summed E-state index contributed by atoms with van der Waals surface area (Å²) in [7, 11) is 3.99. The van der Waals surface area contributed by atoms with Crippen molar-refractivity contribution in [3.05, 3.63) is 0 Å². The summed E-state index contributed by atoms with van der Waals surface area (Å²) >= 11 is 0. The minimum absolute atomic E-state index is 0.191. The molecule has 0 aliphatic heterocycles. The zero-order valence-corrected chi connectivity index (χ0v) is 16.8. The zero-order chi connectivity index (χ0) is 17.8. The first kappa shape index (κ1) is 23.0. The Morgan fingerprint density at radius 3 is 2.22 bits per heavy atom. The van der Waals surface area contributed by atoms with Gasteiger partial charge in [-0.15, -0.1) is 0 Å². The predicted octanol–water partition coefficient (Wildman–Crippen LogP) is 3.86. The highest BCUT2D eigenvalue weighted by Gasteiger charge is 2.25. The summed E-state index contributed by atoms with van der Waals surface area (Å²) in [6.07, 6.45) is 6.18. The van der Waals surface area contributed by atoms with E-state index >= 15 is 0 Å². The highest BCUT2D eigenvalue weighted by atomic mass is 31.2. The molecule has 0 saturated heterocycles. The third kappa shape index (κ3) is 14.1. The molecule has 0 aliphatic rings. The second-order valence-corrected chi connectivity index (χ2v) is 8.62. The standard InChI is InChI=1S/C16H37NO5P/c1-7-8-9-10-11-16(2)20-14-15-22-23(18,19-6)21-13-12-17(3,4)5/h16H,7-15H2,1-6H3/q+1. The molecule has 0 aliphatic carbocycles. The van der Waals surface area contributed by atoms with Crippen LogP contribution in [0.4, 0.5) is 0 Å². The Morgan fingerprint density at radius 2 is 1.65 bits per heavy atom. The topological polar surface area (TPSA) is 54.0 Å². The molecule has 0 saturated carbocycles. The van der Waals surface area contributed by atoms with Crippen molar-refractivity contribution in [2.45, 2.75) is 52.1 Å². The van der Waals surface area contributed by atoms with Crippen molar-refractivity contribution in [2.24, 2.45) is 0 Å². The molecule has 0 aromatic carbocycles. The van der Waals surface area contributed by atoms with E-state index in [0.717, 1.165) is 17.4 Å². The lowest BCUT2D eigenvalue weighted by atomic mass is 10.1. The van der Waals surface area contributed by atoms with Gasteiger partial charge < -0.3 is 9.22 Å². The Labute approximate surface area is 142 Å². The van der Waals surface area contributed by atoms with Crippen LogP contribution < -0.4 is 0 Å². The van der Waals surface area contributed by atoms with Crippen molar-refractivity contribution in [1.29, 1.82) is 0 Å². The van der Waals surface area contributed by atoms with Gasteiger partial charge in [0.2, 0.25) is 0 Å². The Balaban J connectivity index is 3.82. The fourth-order valence-corrected chi connectivity index (χ4v) is 2.80. The summed E-state index contributed by atoms with van der Waals surface area (Å²) in [5, 5.41) is 0. The van der Waals surface area contributed by atoms with Gasteiger partial charge >= 0.3 is 7.82 Å². The number of quaternary nitrogens is 1. The van der Waals surface area contributed by atoms with Gasteiger partial charge in [0.15, 0.2) is 0 Å². The molecule has 140 valence electrons. The van der Waals surface area contributed by atoms with E-state index in [2.05, 4.69) is 13.8 Å². The highest BCUT2D eigenvalue weighted by molar-refractivity contribution is 7.48. The Hall–Kier alpha value is 0.0300. The molecule has 23 heavy (non-hydrogen) atoms. The molecule has 2 atom stereocenters. The third-order valence-corrected chi connectivity index (χ3v) is 4.88. The van der Waals surface area contributed by atoms with E-state index < -0.39 is 7.82 Å². The molecule has 0 N–H and O–H groups in total. The van der Waals surface area contributed by atoms with Gasteiger partial charge in [0.05, 0.1) is 40.5 Å². The number of unbranched alkanes of at least 4 members (excludes halogenated alkanes) is 3. The van der Waals surface area contributed by atoms with Crippen molar-refractivity contribution in [1.82, 2.24) is 0 Å². The summed E-state index contributed by atoms with van der Waals surface area (Å²) < 4.78 is 34.1. The zero-order valence-electron chi connectivity index (χ0n) is 15.9. The normalized spacial score (nSPS) is 16.3. The number of ether oxygens (including phenoxy) is 1. The Kier molecular flexibility index (Phi) is 12.4. The van der Waals surface area contributed by atoms with E-state index in [9.17, 15) is 4.57 Å². The number of hydrogen-bond acceptors (Lipinski definition) is 5. The first-order valence-electron chi connectivity index (χ1n) is 8.59. The van der Waals surface area contributed by atoms with Crippen LogP contribution in [0.3, 0.4) is 0 Å². The maximum Gasteiger partial charge on any atom is 0.474 e. The number of nitrogens with zero attached hydrogens (tertiary/aromatic N) is 1.